The number of benzene rings is 2. The third-order valence-electron chi connectivity index (χ3n) is 6.26. The third-order valence-corrected chi connectivity index (χ3v) is 6.26. The molecule has 1 N–H and O–H groups in total. The average Bonchev–Trinajstić information content (AvgIpc) is 2.88. The molecule has 1 aromatic heterocycles. The third kappa shape index (κ3) is 5.22. The lowest BCUT2D eigenvalue weighted by Gasteiger charge is -2.42. The molecule has 2 heterocycles. The molecule has 6 nitrogen and oxygen atoms in total. The number of hydrogen-bond donors (Lipinski definition) is 1. The Bertz CT molecular complexity index is 1090. The van der Waals surface area contributed by atoms with Crippen LogP contribution in [0.25, 0.3) is 11.1 Å². The van der Waals surface area contributed by atoms with Crippen molar-refractivity contribution in [3.63, 3.8) is 0 Å². The second kappa shape index (κ2) is 10.3. The first kappa shape index (κ1) is 22.5. The predicted octanol–water partition coefficient (Wildman–Crippen LogP) is 3.72. The molecule has 6 heteroatoms. The molecule has 2 amide bonds. The smallest absolute Gasteiger partial charge is 0.260 e. The topological polar surface area (TPSA) is 71.5 Å². The highest BCUT2D eigenvalue weighted by Crippen LogP contribution is 2.37. The van der Waals surface area contributed by atoms with Gasteiger partial charge in [0.25, 0.3) is 5.91 Å². The van der Waals surface area contributed by atoms with Crippen LogP contribution in [-0.2, 0) is 16.0 Å². The van der Waals surface area contributed by atoms with Crippen LogP contribution >= 0.6 is 0 Å². The maximum Gasteiger partial charge on any atom is 0.260 e. The molecule has 4 rings (SSSR count). The lowest BCUT2D eigenvalue weighted by atomic mass is 9.73. The van der Waals surface area contributed by atoms with Crippen LogP contribution in [0.3, 0.4) is 0 Å². The summed E-state index contributed by atoms with van der Waals surface area (Å²) in [5, 5.41) is 2.85. The van der Waals surface area contributed by atoms with E-state index in [1.165, 1.54) is 0 Å². The number of carbonyl (C=O) groups excluding carboxylic acids is 2. The summed E-state index contributed by atoms with van der Waals surface area (Å²) in [6.07, 6.45) is 5.61. The van der Waals surface area contributed by atoms with Crippen LogP contribution in [0.5, 0.6) is 5.75 Å². The van der Waals surface area contributed by atoms with Gasteiger partial charge in [0.05, 0.1) is 5.41 Å². The van der Waals surface area contributed by atoms with E-state index >= 15 is 0 Å². The highest BCUT2D eigenvalue weighted by Gasteiger charge is 2.43. The maximum atomic E-state index is 13.2. The zero-order valence-electron chi connectivity index (χ0n) is 18.9. The molecule has 0 aliphatic carbocycles. The van der Waals surface area contributed by atoms with Gasteiger partial charge < -0.3 is 15.0 Å². The molecule has 1 aliphatic heterocycles. The first-order chi connectivity index (χ1) is 16.1. The Morgan fingerprint density at radius 2 is 1.85 bits per heavy atom. The van der Waals surface area contributed by atoms with Crippen molar-refractivity contribution in [3.05, 3.63) is 84.7 Å². The molecule has 1 fully saturated rings. The van der Waals surface area contributed by atoms with Gasteiger partial charge in [-0.25, -0.2) is 0 Å². The molecule has 1 atom stereocenters. The van der Waals surface area contributed by atoms with Gasteiger partial charge in [0.2, 0.25) is 5.91 Å². The first-order valence-corrected chi connectivity index (χ1v) is 11.3. The number of amides is 2. The lowest BCUT2D eigenvalue weighted by Crippen LogP contribution is -2.54. The van der Waals surface area contributed by atoms with Gasteiger partial charge in [0.1, 0.15) is 5.75 Å². The zero-order valence-corrected chi connectivity index (χ0v) is 18.9. The van der Waals surface area contributed by atoms with Crippen LogP contribution < -0.4 is 10.1 Å². The van der Waals surface area contributed by atoms with E-state index in [1.807, 2.05) is 60.8 Å². The fraction of sp³-hybridized carbons (Fsp3) is 0.296. The standard InChI is InChI=1S/C27H29N3O3/c1-28-26(32)27(17-21-9-5-6-13-24(21)22-10-7-15-29-18-22)14-8-16-30(20-27)25(31)19-33-23-11-3-2-4-12-23/h2-7,9-13,15,18H,8,14,16-17,19-20H2,1H3,(H,28,32)/t27-/m0/s1. The first-order valence-electron chi connectivity index (χ1n) is 11.3. The summed E-state index contributed by atoms with van der Waals surface area (Å²) in [6, 6.07) is 21.3. The van der Waals surface area contributed by atoms with Crippen LogP contribution in [0.4, 0.5) is 0 Å². The van der Waals surface area contributed by atoms with Gasteiger partial charge in [-0.1, -0.05) is 48.5 Å². The second-order valence-corrected chi connectivity index (χ2v) is 8.46. The van der Waals surface area contributed by atoms with E-state index in [-0.39, 0.29) is 18.4 Å². The van der Waals surface area contributed by atoms with Crippen molar-refractivity contribution in [1.82, 2.24) is 15.2 Å². The van der Waals surface area contributed by atoms with Gasteiger partial charge >= 0.3 is 0 Å². The number of pyridine rings is 1. The summed E-state index contributed by atoms with van der Waals surface area (Å²) in [4.78, 5) is 32.2. The minimum absolute atomic E-state index is 0.0371. The van der Waals surface area contributed by atoms with Crippen molar-refractivity contribution < 1.29 is 14.3 Å². The maximum absolute atomic E-state index is 13.2. The van der Waals surface area contributed by atoms with Gasteiger partial charge in [0, 0.05) is 38.1 Å². The van der Waals surface area contributed by atoms with Gasteiger partial charge in [-0.05, 0) is 48.6 Å². The number of nitrogens with one attached hydrogen (secondary N) is 1. The molecule has 0 saturated carbocycles. The monoisotopic (exact) mass is 443 g/mol. The number of hydrogen-bond acceptors (Lipinski definition) is 4. The summed E-state index contributed by atoms with van der Waals surface area (Å²) in [5.41, 5.74) is 2.45. The van der Waals surface area contributed by atoms with Crippen molar-refractivity contribution in [1.29, 1.82) is 0 Å². The summed E-state index contributed by atoms with van der Waals surface area (Å²) < 4.78 is 5.67. The van der Waals surface area contributed by atoms with Crippen molar-refractivity contribution in [2.45, 2.75) is 19.3 Å². The second-order valence-electron chi connectivity index (χ2n) is 8.46. The summed E-state index contributed by atoms with van der Waals surface area (Å²) in [5.74, 6) is 0.517. The van der Waals surface area contributed by atoms with Gasteiger partial charge in [-0.2, -0.15) is 0 Å². The molecule has 33 heavy (non-hydrogen) atoms. The Morgan fingerprint density at radius 1 is 1.06 bits per heavy atom. The number of rotatable bonds is 7. The molecule has 1 aliphatic rings. The summed E-state index contributed by atoms with van der Waals surface area (Å²) in [6.45, 7) is 0.950. The molecule has 0 unspecified atom stereocenters. The Labute approximate surface area is 194 Å². The van der Waals surface area contributed by atoms with E-state index in [1.54, 1.807) is 18.1 Å². The molecule has 0 spiro atoms. The Balaban J connectivity index is 1.55. The molecule has 2 aromatic carbocycles. The van der Waals surface area contributed by atoms with Crippen LogP contribution in [0.15, 0.2) is 79.1 Å². The molecule has 3 aromatic rings. The van der Waals surface area contributed by atoms with Crippen LogP contribution in [0, 0.1) is 5.41 Å². The number of ether oxygens (including phenoxy) is 1. The van der Waals surface area contributed by atoms with E-state index in [0.717, 1.165) is 29.5 Å². The normalized spacial score (nSPS) is 17.9. The number of nitrogens with zero attached hydrogens (tertiary/aromatic N) is 2. The fourth-order valence-electron chi connectivity index (χ4n) is 4.62. The van der Waals surface area contributed by atoms with Gasteiger partial charge in [0.15, 0.2) is 6.61 Å². The minimum Gasteiger partial charge on any atom is -0.484 e. The fourth-order valence-corrected chi connectivity index (χ4v) is 4.62. The molecule has 170 valence electrons. The lowest BCUT2D eigenvalue weighted by molar-refractivity contribution is -0.142. The van der Waals surface area contributed by atoms with Gasteiger partial charge in [-0.3, -0.25) is 14.6 Å². The number of para-hydroxylation sites is 1. The predicted molar refractivity (Wildman–Crippen MR) is 128 cm³/mol. The van der Waals surface area contributed by atoms with E-state index < -0.39 is 5.41 Å². The minimum atomic E-state index is -0.701. The van der Waals surface area contributed by atoms with Gasteiger partial charge in [-0.15, -0.1) is 0 Å². The zero-order chi connectivity index (χ0) is 23.1. The largest absolute Gasteiger partial charge is 0.484 e. The molecule has 0 radical (unpaired) electrons. The SMILES string of the molecule is CNC(=O)[C@]1(Cc2ccccc2-c2cccnc2)CCCN(C(=O)COc2ccccc2)C1. The highest BCUT2D eigenvalue weighted by molar-refractivity contribution is 5.85. The van der Waals surface area contributed by atoms with Crippen molar-refractivity contribution in [3.8, 4) is 16.9 Å². The van der Waals surface area contributed by atoms with Crippen molar-refractivity contribution >= 4 is 11.8 Å². The molecular weight excluding hydrogens is 414 g/mol. The van der Waals surface area contributed by atoms with E-state index in [9.17, 15) is 9.59 Å². The Morgan fingerprint density at radius 3 is 2.61 bits per heavy atom. The Hall–Kier alpha value is -3.67. The molecular formula is C27H29N3O3. The highest BCUT2D eigenvalue weighted by atomic mass is 16.5. The van der Waals surface area contributed by atoms with E-state index in [4.69, 9.17) is 4.74 Å². The van der Waals surface area contributed by atoms with Crippen LogP contribution in [-0.4, -0.2) is 48.4 Å². The quantitative estimate of drug-likeness (QED) is 0.604. The average molecular weight is 444 g/mol. The van der Waals surface area contributed by atoms with Crippen molar-refractivity contribution in [2.24, 2.45) is 5.41 Å². The Kier molecular flexibility index (Phi) is 7.03. The van der Waals surface area contributed by atoms with Crippen LogP contribution in [0.2, 0.25) is 0 Å². The number of carbonyl (C=O) groups is 2. The van der Waals surface area contributed by atoms with E-state index in [2.05, 4.69) is 22.4 Å². The number of piperidine rings is 1. The van der Waals surface area contributed by atoms with E-state index in [0.29, 0.717) is 25.3 Å². The molecule has 0 bridgehead atoms. The summed E-state index contributed by atoms with van der Waals surface area (Å²) in [7, 11) is 1.66. The number of likely N-dealkylation sites (tertiary alicyclic amines) is 1. The number of aromatic nitrogens is 1. The van der Waals surface area contributed by atoms with Crippen LogP contribution in [0.1, 0.15) is 18.4 Å². The summed E-state index contributed by atoms with van der Waals surface area (Å²) >= 11 is 0. The molecule has 1 saturated heterocycles. The van der Waals surface area contributed by atoms with Crippen molar-refractivity contribution in [2.75, 3.05) is 26.7 Å².